The molecule has 0 fully saturated rings. The van der Waals surface area contributed by atoms with E-state index >= 15 is 0 Å². The van der Waals surface area contributed by atoms with Gasteiger partial charge in [-0.05, 0) is 0 Å². The number of rotatable bonds is 0. The molecule has 0 unspecified atom stereocenters. The molecular formula is C12H8F24. The molecule has 0 aliphatic rings. The van der Waals surface area contributed by atoms with E-state index in [1.807, 2.05) is 0 Å². The highest BCUT2D eigenvalue weighted by atomic mass is 19.4. The highest BCUT2D eigenvalue weighted by Crippen LogP contribution is 2.34. The lowest BCUT2D eigenvalue weighted by Crippen LogP contribution is -2.20. The van der Waals surface area contributed by atoms with E-state index < -0.39 is 75.1 Å². The molecule has 0 bridgehead atoms. The van der Waals surface area contributed by atoms with E-state index in [2.05, 4.69) is 0 Å². The topological polar surface area (TPSA) is 0 Å². The first-order valence-corrected chi connectivity index (χ1v) is 7.36. The third kappa shape index (κ3) is 63.6. The Balaban J connectivity index is -0.000000190. The minimum Gasteiger partial charge on any atom is -0.171 e. The van der Waals surface area contributed by atoms with Crippen LogP contribution in [0.5, 0.6) is 0 Å². The summed E-state index contributed by atoms with van der Waals surface area (Å²) in [7, 11) is 0. The summed E-state index contributed by atoms with van der Waals surface area (Å²) in [5.74, 6) is 0. The molecule has 0 aromatic rings. The van der Waals surface area contributed by atoms with Crippen LogP contribution in [-0.4, -0.2) is 49.4 Å². The zero-order chi connectivity index (χ0) is 30.8. The Morgan fingerprint density at radius 3 is 0.222 bits per heavy atom. The van der Waals surface area contributed by atoms with Gasteiger partial charge in [0.1, 0.15) is 25.7 Å². The molecule has 0 aliphatic heterocycles. The van der Waals surface area contributed by atoms with Crippen molar-refractivity contribution in [3.63, 3.8) is 0 Å². The van der Waals surface area contributed by atoms with Crippen molar-refractivity contribution in [2.24, 2.45) is 0 Å². The molecule has 0 saturated heterocycles. The van der Waals surface area contributed by atoms with Gasteiger partial charge in [-0.2, -0.15) is 105 Å². The van der Waals surface area contributed by atoms with Crippen molar-refractivity contribution in [2.75, 3.05) is 0 Å². The first-order chi connectivity index (χ1) is 14.8. The van der Waals surface area contributed by atoms with Gasteiger partial charge in [0.05, 0.1) is 0 Å². The van der Waals surface area contributed by atoms with Crippen LogP contribution >= 0.6 is 0 Å². The first-order valence-electron chi connectivity index (χ1n) is 7.36. The minimum absolute atomic E-state index is 2.71. The molecule has 0 rings (SSSR count). The van der Waals surface area contributed by atoms with E-state index in [9.17, 15) is 105 Å². The molecule has 0 heterocycles. The second-order valence-corrected chi connectivity index (χ2v) is 5.63. The molecular weight excluding hydrogens is 600 g/mol. The van der Waals surface area contributed by atoms with E-state index in [1.54, 1.807) is 0 Å². The van der Waals surface area contributed by atoms with Crippen LogP contribution in [0.15, 0.2) is 0 Å². The van der Waals surface area contributed by atoms with Gasteiger partial charge < -0.3 is 0 Å². The Bertz CT molecular complexity index is 398. The van der Waals surface area contributed by atoms with Crippen LogP contribution < -0.4 is 0 Å². The van der Waals surface area contributed by atoms with Gasteiger partial charge in [-0.1, -0.05) is 0 Å². The molecule has 0 atom stereocenters. The number of halogens is 24. The maximum absolute atomic E-state index is 10.8. The third-order valence-electron chi connectivity index (χ3n) is 1.60. The van der Waals surface area contributed by atoms with E-state index in [4.69, 9.17) is 0 Å². The maximum Gasteiger partial charge on any atom is 0.397 e. The Hall–Kier alpha value is -1.68. The molecule has 0 N–H and O–H groups in total. The zero-order valence-corrected chi connectivity index (χ0v) is 15.9. The normalized spacial score (nSPS) is 14.0. The summed E-state index contributed by atoms with van der Waals surface area (Å²) in [6, 6.07) is 0. The van der Waals surface area contributed by atoms with Gasteiger partial charge in [-0.3, -0.25) is 0 Å². The van der Waals surface area contributed by atoms with E-state index in [0.29, 0.717) is 0 Å². The van der Waals surface area contributed by atoms with Gasteiger partial charge in [-0.25, -0.2) is 0 Å². The summed E-state index contributed by atoms with van der Waals surface area (Å²) in [6.45, 7) is 0. The van der Waals surface area contributed by atoms with Crippen LogP contribution in [0.1, 0.15) is 25.7 Å². The van der Waals surface area contributed by atoms with Gasteiger partial charge in [0, 0.05) is 0 Å². The van der Waals surface area contributed by atoms with Crippen LogP contribution in [0, 0.1) is 0 Å². The zero-order valence-electron chi connectivity index (χ0n) is 15.9. The van der Waals surface area contributed by atoms with Gasteiger partial charge in [0.25, 0.3) is 0 Å². The fourth-order valence-electron chi connectivity index (χ4n) is 0.909. The van der Waals surface area contributed by atoms with Gasteiger partial charge in [0.15, 0.2) is 0 Å². The van der Waals surface area contributed by atoms with Crippen molar-refractivity contribution < 1.29 is 105 Å². The van der Waals surface area contributed by atoms with Crippen molar-refractivity contribution >= 4 is 0 Å². The predicted molar refractivity (Wildman–Crippen MR) is 66.9 cm³/mol. The van der Waals surface area contributed by atoms with Crippen molar-refractivity contribution in [1.82, 2.24) is 0 Å². The molecule has 0 aliphatic carbocycles. The highest BCUT2D eigenvalue weighted by molar-refractivity contribution is 4.59. The van der Waals surface area contributed by atoms with Gasteiger partial charge in [-0.15, -0.1) is 0 Å². The molecule has 0 nitrogen and oxygen atoms in total. The van der Waals surface area contributed by atoms with Crippen LogP contribution in [0.3, 0.4) is 0 Å². The monoisotopic (exact) mass is 608 g/mol. The number of alkyl halides is 24. The smallest absolute Gasteiger partial charge is 0.171 e. The lowest BCUT2D eigenvalue weighted by atomic mass is 10.4. The fourth-order valence-corrected chi connectivity index (χ4v) is 0.909. The minimum atomic E-state index is -5.14. The van der Waals surface area contributed by atoms with E-state index in [1.165, 1.54) is 0 Å². The van der Waals surface area contributed by atoms with Crippen LogP contribution in [0.25, 0.3) is 0 Å². The SMILES string of the molecule is FC(F)(F)CC(F)(F)F.FC(F)(F)CC(F)(F)F.FC(F)(F)CC(F)(F)F.FC(F)(F)CC(F)(F)F. The summed E-state index contributed by atoms with van der Waals surface area (Å²) in [5, 5.41) is 0. The first kappa shape index (κ1) is 41.4. The molecule has 0 amide bonds. The Kier molecular flexibility index (Phi) is 15.8. The summed E-state index contributed by atoms with van der Waals surface area (Å²) in [6.07, 6.45) is -52.0. The predicted octanol–water partition coefficient (Wildman–Crippen LogP) is 10.0. The molecule has 0 spiro atoms. The van der Waals surface area contributed by atoms with Crippen molar-refractivity contribution in [2.45, 2.75) is 75.1 Å². The summed E-state index contributed by atoms with van der Waals surface area (Å²) in [5.41, 5.74) is 0. The highest BCUT2D eigenvalue weighted by Gasteiger charge is 2.45. The second-order valence-electron chi connectivity index (χ2n) is 5.63. The quantitative estimate of drug-likeness (QED) is 0.240. The summed E-state index contributed by atoms with van der Waals surface area (Å²) in [4.78, 5) is 0. The average Bonchev–Trinajstić information content (AvgIpc) is 2.19. The Morgan fingerprint density at radius 2 is 0.222 bits per heavy atom. The van der Waals surface area contributed by atoms with Gasteiger partial charge >= 0.3 is 49.4 Å². The number of hydrogen-bond donors (Lipinski definition) is 0. The largest absolute Gasteiger partial charge is 0.397 e. The lowest BCUT2D eigenvalue weighted by molar-refractivity contribution is -0.233. The molecule has 0 radical (unpaired) electrons. The van der Waals surface area contributed by atoms with Gasteiger partial charge in [0.2, 0.25) is 0 Å². The molecule has 24 heteroatoms. The molecule has 36 heavy (non-hydrogen) atoms. The average molecular weight is 608 g/mol. The standard InChI is InChI=1S/4C3H2F6/c4*4-2(5,6)1-3(7,8)9/h4*1H2. The Morgan fingerprint density at radius 1 is 0.167 bits per heavy atom. The Labute approximate surface area is 182 Å². The van der Waals surface area contributed by atoms with Crippen molar-refractivity contribution in [3.8, 4) is 0 Å². The number of hydrogen-bond acceptors (Lipinski definition) is 0. The maximum atomic E-state index is 10.8. The fraction of sp³-hybridized carbons (Fsp3) is 1.00. The molecule has 0 saturated carbocycles. The van der Waals surface area contributed by atoms with Crippen molar-refractivity contribution in [3.05, 3.63) is 0 Å². The molecule has 224 valence electrons. The van der Waals surface area contributed by atoms with Crippen LogP contribution in [0.2, 0.25) is 0 Å². The summed E-state index contributed by atoms with van der Waals surface area (Å²) >= 11 is 0. The van der Waals surface area contributed by atoms with Crippen LogP contribution in [-0.2, 0) is 0 Å². The third-order valence-corrected chi connectivity index (χ3v) is 1.60. The van der Waals surface area contributed by atoms with Crippen LogP contribution in [0.4, 0.5) is 105 Å². The van der Waals surface area contributed by atoms with E-state index in [0.717, 1.165) is 0 Å². The lowest BCUT2D eigenvalue weighted by Gasteiger charge is -2.08. The van der Waals surface area contributed by atoms with E-state index in [-0.39, 0.29) is 0 Å². The van der Waals surface area contributed by atoms with Crippen molar-refractivity contribution in [1.29, 1.82) is 0 Å². The summed E-state index contributed by atoms with van der Waals surface area (Å²) < 4.78 is 260. The molecule has 0 aromatic carbocycles. The molecule has 0 aromatic heterocycles. The second kappa shape index (κ2) is 13.7.